The number of unbranched alkanes of at least 4 members (excludes halogenated alkanes) is 19. The molecule has 9 nitrogen and oxygen atoms in total. The summed E-state index contributed by atoms with van der Waals surface area (Å²) in [6.45, 7) is 3.46. The Bertz CT molecular complexity index is 805. The van der Waals surface area contributed by atoms with Gasteiger partial charge in [0.05, 0.1) is 26.4 Å². The SMILES string of the molecule is CCCCC/C=C\C/C=C\CCCCCCCCCCCC(=O)OC(COCCCCCCCCCC)COP(=O)(O)OCC(O)CO. The molecule has 3 N–H and O–H groups in total. The Labute approximate surface area is 293 Å². The van der Waals surface area contributed by atoms with Gasteiger partial charge in [-0.1, -0.05) is 141 Å². The van der Waals surface area contributed by atoms with E-state index in [9.17, 15) is 19.4 Å². The molecule has 0 amide bonds. The van der Waals surface area contributed by atoms with E-state index in [1.807, 2.05) is 0 Å². The Morgan fingerprint density at radius 3 is 1.71 bits per heavy atom. The Morgan fingerprint density at radius 1 is 0.646 bits per heavy atom. The minimum atomic E-state index is -4.50. The van der Waals surface area contributed by atoms with Crippen molar-refractivity contribution in [1.82, 2.24) is 0 Å². The summed E-state index contributed by atoms with van der Waals surface area (Å²) in [5.74, 6) is -0.388. The number of phosphoric acid groups is 1. The van der Waals surface area contributed by atoms with Crippen molar-refractivity contribution in [2.24, 2.45) is 0 Å². The van der Waals surface area contributed by atoms with Crippen molar-refractivity contribution in [2.75, 3.05) is 33.0 Å². The third-order valence-electron chi connectivity index (χ3n) is 8.14. The molecule has 10 heteroatoms. The molecule has 0 heterocycles. The van der Waals surface area contributed by atoms with Gasteiger partial charge in [-0.05, 0) is 44.9 Å². The summed E-state index contributed by atoms with van der Waals surface area (Å²) in [5.41, 5.74) is 0. The van der Waals surface area contributed by atoms with Gasteiger partial charge < -0.3 is 24.6 Å². The van der Waals surface area contributed by atoms with Crippen LogP contribution < -0.4 is 0 Å². The second-order valence-electron chi connectivity index (χ2n) is 13.0. The standard InChI is InChI=1S/C38H73O9P/c1-3-5-7-9-11-13-14-15-16-17-18-19-20-21-22-23-24-26-28-30-38(41)47-37(35-46-48(42,43)45-33-36(40)32-39)34-44-31-29-27-25-12-10-8-6-4-2/h11,13,15-16,36-37,39-40H,3-10,12,14,17-35H2,1-2H3,(H,42,43)/b13-11-,16-15-. The van der Waals surface area contributed by atoms with Gasteiger partial charge in [-0.25, -0.2) is 4.57 Å². The van der Waals surface area contributed by atoms with E-state index in [2.05, 4.69) is 38.2 Å². The van der Waals surface area contributed by atoms with Gasteiger partial charge in [0.1, 0.15) is 12.2 Å². The van der Waals surface area contributed by atoms with Crippen LogP contribution in [0.2, 0.25) is 0 Å². The van der Waals surface area contributed by atoms with Gasteiger partial charge >= 0.3 is 13.8 Å². The summed E-state index contributed by atoms with van der Waals surface area (Å²) >= 11 is 0. The molecule has 0 aromatic carbocycles. The van der Waals surface area contributed by atoms with Crippen LogP contribution in [0.25, 0.3) is 0 Å². The maximum Gasteiger partial charge on any atom is 0.472 e. The number of hydrogen-bond acceptors (Lipinski definition) is 8. The first-order chi connectivity index (χ1) is 23.3. The monoisotopic (exact) mass is 704 g/mol. The van der Waals surface area contributed by atoms with Crippen LogP contribution in [0.3, 0.4) is 0 Å². The molecule has 0 bridgehead atoms. The molecule has 0 aliphatic rings. The third kappa shape index (κ3) is 34.8. The van der Waals surface area contributed by atoms with Crippen LogP contribution in [-0.4, -0.2) is 66.3 Å². The van der Waals surface area contributed by atoms with Crippen LogP contribution >= 0.6 is 7.82 Å². The fourth-order valence-electron chi connectivity index (χ4n) is 5.15. The fraction of sp³-hybridized carbons (Fsp3) is 0.868. The Kier molecular flexibility index (Phi) is 35.0. The predicted octanol–water partition coefficient (Wildman–Crippen LogP) is 9.92. The molecule has 0 aliphatic carbocycles. The number of ether oxygens (including phenoxy) is 2. The average Bonchev–Trinajstić information content (AvgIpc) is 3.07. The van der Waals surface area contributed by atoms with Crippen LogP contribution in [0.4, 0.5) is 0 Å². The van der Waals surface area contributed by atoms with E-state index in [4.69, 9.17) is 23.6 Å². The summed E-state index contributed by atoms with van der Waals surface area (Å²) in [4.78, 5) is 22.4. The zero-order chi connectivity index (χ0) is 35.4. The molecular formula is C38H73O9P. The molecule has 3 atom stereocenters. The number of phosphoric ester groups is 1. The average molecular weight is 705 g/mol. The predicted molar refractivity (Wildman–Crippen MR) is 196 cm³/mol. The van der Waals surface area contributed by atoms with Gasteiger partial charge in [0.2, 0.25) is 0 Å². The molecule has 48 heavy (non-hydrogen) atoms. The summed E-state index contributed by atoms with van der Waals surface area (Å²) < 4.78 is 33.1. The molecule has 0 aromatic heterocycles. The zero-order valence-electron chi connectivity index (χ0n) is 30.7. The molecule has 0 saturated carbocycles. The summed E-state index contributed by atoms with van der Waals surface area (Å²) in [5, 5.41) is 18.2. The number of carbonyl (C=O) groups is 1. The first-order valence-electron chi connectivity index (χ1n) is 19.3. The lowest BCUT2D eigenvalue weighted by Crippen LogP contribution is -2.29. The van der Waals surface area contributed by atoms with Crippen molar-refractivity contribution in [3.63, 3.8) is 0 Å². The highest BCUT2D eigenvalue weighted by Gasteiger charge is 2.26. The van der Waals surface area contributed by atoms with E-state index in [0.29, 0.717) is 6.61 Å². The molecule has 0 saturated heterocycles. The van der Waals surface area contributed by atoms with Crippen LogP contribution in [0.5, 0.6) is 0 Å². The maximum absolute atomic E-state index is 12.5. The molecule has 0 spiro atoms. The van der Waals surface area contributed by atoms with Crippen molar-refractivity contribution in [2.45, 2.75) is 180 Å². The Morgan fingerprint density at radius 2 is 1.12 bits per heavy atom. The van der Waals surface area contributed by atoms with Gasteiger partial charge in [0.15, 0.2) is 0 Å². The van der Waals surface area contributed by atoms with Crippen molar-refractivity contribution >= 4 is 13.8 Å². The van der Waals surface area contributed by atoms with Crippen molar-refractivity contribution < 1.29 is 43.0 Å². The van der Waals surface area contributed by atoms with E-state index in [1.165, 1.54) is 103 Å². The molecule has 0 fully saturated rings. The molecule has 0 aromatic rings. The second-order valence-corrected chi connectivity index (χ2v) is 14.4. The van der Waals surface area contributed by atoms with Crippen molar-refractivity contribution in [1.29, 1.82) is 0 Å². The highest BCUT2D eigenvalue weighted by atomic mass is 31.2. The van der Waals surface area contributed by atoms with Gasteiger partial charge in [0, 0.05) is 13.0 Å². The van der Waals surface area contributed by atoms with E-state index in [1.54, 1.807) is 0 Å². The number of allylic oxidation sites excluding steroid dienone is 4. The molecular weight excluding hydrogens is 631 g/mol. The first-order valence-corrected chi connectivity index (χ1v) is 20.8. The van der Waals surface area contributed by atoms with Crippen molar-refractivity contribution in [3.8, 4) is 0 Å². The number of rotatable bonds is 37. The number of hydrogen-bond donors (Lipinski definition) is 3. The fourth-order valence-corrected chi connectivity index (χ4v) is 5.94. The van der Waals surface area contributed by atoms with Gasteiger partial charge in [-0.2, -0.15) is 0 Å². The lowest BCUT2D eigenvalue weighted by molar-refractivity contribution is -0.154. The van der Waals surface area contributed by atoms with E-state index >= 15 is 0 Å². The molecule has 3 unspecified atom stereocenters. The molecule has 284 valence electrons. The van der Waals surface area contributed by atoms with E-state index in [0.717, 1.165) is 44.9 Å². The maximum atomic E-state index is 12.5. The molecule has 0 rings (SSSR count). The lowest BCUT2D eigenvalue weighted by Gasteiger charge is -2.20. The molecule has 0 radical (unpaired) electrons. The van der Waals surface area contributed by atoms with E-state index < -0.39 is 33.2 Å². The first kappa shape index (κ1) is 46.9. The van der Waals surface area contributed by atoms with Crippen LogP contribution in [0, 0.1) is 0 Å². The number of esters is 1. The van der Waals surface area contributed by atoms with E-state index in [-0.39, 0.29) is 25.6 Å². The minimum Gasteiger partial charge on any atom is -0.457 e. The zero-order valence-corrected chi connectivity index (χ0v) is 31.6. The number of aliphatic hydroxyl groups excluding tert-OH is 2. The van der Waals surface area contributed by atoms with Gasteiger partial charge in [-0.3, -0.25) is 13.8 Å². The van der Waals surface area contributed by atoms with Gasteiger partial charge in [0.25, 0.3) is 0 Å². The highest BCUT2D eigenvalue weighted by Crippen LogP contribution is 2.43. The topological polar surface area (TPSA) is 132 Å². The van der Waals surface area contributed by atoms with Crippen LogP contribution in [0.1, 0.15) is 168 Å². The summed E-state index contributed by atoms with van der Waals surface area (Å²) in [6.07, 6.45) is 34.3. The Balaban J connectivity index is 4.12. The summed E-state index contributed by atoms with van der Waals surface area (Å²) in [6, 6.07) is 0. The largest absolute Gasteiger partial charge is 0.472 e. The Hall–Kier alpha value is -1.06. The van der Waals surface area contributed by atoms with Crippen LogP contribution in [0.15, 0.2) is 24.3 Å². The third-order valence-corrected chi connectivity index (χ3v) is 9.09. The second kappa shape index (κ2) is 35.8. The van der Waals surface area contributed by atoms with Gasteiger partial charge in [-0.15, -0.1) is 0 Å². The summed E-state index contributed by atoms with van der Waals surface area (Å²) in [7, 11) is -4.50. The minimum absolute atomic E-state index is 0.0499. The number of carbonyl (C=O) groups excluding carboxylic acids is 1. The van der Waals surface area contributed by atoms with Crippen LogP contribution in [-0.2, 0) is 27.9 Å². The molecule has 0 aliphatic heterocycles. The quantitative estimate of drug-likeness (QED) is 0.0250. The number of aliphatic hydroxyl groups is 2. The normalized spacial score (nSPS) is 14.5. The highest BCUT2D eigenvalue weighted by molar-refractivity contribution is 7.47. The lowest BCUT2D eigenvalue weighted by atomic mass is 10.1. The smallest absolute Gasteiger partial charge is 0.457 e. The van der Waals surface area contributed by atoms with Crippen molar-refractivity contribution in [3.05, 3.63) is 24.3 Å².